The van der Waals surface area contributed by atoms with Crippen LogP contribution in [0.2, 0.25) is 0 Å². The van der Waals surface area contributed by atoms with Crippen LogP contribution in [0.25, 0.3) is 0 Å². The Balaban J connectivity index is 1.74. The summed E-state index contributed by atoms with van der Waals surface area (Å²) in [7, 11) is 1.54. The number of alkyl halides is 1. The van der Waals surface area contributed by atoms with Crippen molar-refractivity contribution in [3.63, 3.8) is 0 Å². The van der Waals surface area contributed by atoms with Crippen LogP contribution < -0.4 is 10.6 Å². The summed E-state index contributed by atoms with van der Waals surface area (Å²) in [6.07, 6.45) is -0.0201. The number of likely N-dealkylation sites (tertiary alicyclic amines) is 1. The normalized spacial score (nSPS) is 27.1. The third-order valence-corrected chi connectivity index (χ3v) is 5.25. The van der Waals surface area contributed by atoms with E-state index in [1.165, 1.54) is 12.1 Å². The Morgan fingerprint density at radius 3 is 2.81 bits per heavy atom. The number of benzene rings is 1. The topological polar surface area (TPSA) is 70.7 Å². The van der Waals surface area contributed by atoms with Crippen LogP contribution in [0.5, 0.6) is 0 Å². The highest BCUT2D eigenvalue weighted by Crippen LogP contribution is 2.35. The van der Waals surface area contributed by atoms with Crippen molar-refractivity contribution in [3.8, 4) is 0 Å². The second-order valence-corrected chi connectivity index (χ2v) is 7.24. The van der Waals surface area contributed by atoms with Crippen LogP contribution in [0.3, 0.4) is 0 Å². The predicted octanol–water partition coefficient (Wildman–Crippen LogP) is 1.72. The molecule has 6 nitrogen and oxygen atoms in total. The molecule has 27 heavy (non-hydrogen) atoms. The van der Waals surface area contributed by atoms with E-state index in [0.717, 1.165) is 0 Å². The minimum atomic E-state index is -1.06. The molecule has 1 heterocycles. The summed E-state index contributed by atoms with van der Waals surface area (Å²) >= 11 is 0. The Morgan fingerprint density at radius 2 is 2.15 bits per heavy atom. The van der Waals surface area contributed by atoms with Crippen LogP contribution >= 0.6 is 0 Å². The van der Waals surface area contributed by atoms with E-state index >= 15 is 0 Å². The number of hydrogen-bond acceptors (Lipinski definition) is 4. The number of carbonyl (C=O) groups is 2. The Labute approximate surface area is 157 Å². The highest BCUT2D eigenvalue weighted by atomic mass is 19.1. The zero-order chi connectivity index (χ0) is 19.4. The van der Waals surface area contributed by atoms with Crippen LogP contribution in [0.4, 0.5) is 14.5 Å². The molecule has 1 aromatic rings. The lowest BCUT2D eigenvalue weighted by molar-refractivity contribution is -0.139. The number of amides is 2. The fraction of sp³-hybridized carbons (Fsp3) is 0.579. The summed E-state index contributed by atoms with van der Waals surface area (Å²) < 4.78 is 31.6. The molecule has 1 aliphatic heterocycles. The lowest BCUT2D eigenvalue weighted by Gasteiger charge is -2.34. The van der Waals surface area contributed by atoms with Gasteiger partial charge in [0.1, 0.15) is 17.5 Å². The van der Waals surface area contributed by atoms with Crippen molar-refractivity contribution in [2.24, 2.45) is 5.92 Å². The molecule has 1 unspecified atom stereocenters. The quantitative estimate of drug-likeness (QED) is 0.706. The molecule has 2 aliphatic rings. The van der Waals surface area contributed by atoms with Crippen molar-refractivity contribution in [1.29, 1.82) is 0 Å². The molecule has 2 amide bonds. The Bertz CT molecular complexity index is 697. The summed E-state index contributed by atoms with van der Waals surface area (Å²) in [5.74, 6) is -1.10. The Hall–Kier alpha value is -2.22. The van der Waals surface area contributed by atoms with Gasteiger partial charge in [0, 0.05) is 31.8 Å². The number of methoxy groups -OCH3 is 1. The number of anilines is 1. The van der Waals surface area contributed by atoms with Gasteiger partial charge >= 0.3 is 0 Å². The first-order chi connectivity index (χ1) is 12.9. The van der Waals surface area contributed by atoms with E-state index in [4.69, 9.17) is 4.74 Å². The average Bonchev–Trinajstić information content (AvgIpc) is 3.04. The van der Waals surface area contributed by atoms with E-state index in [1.54, 1.807) is 24.1 Å². The van der Waals surface area contributed by atoms with Gasteiger partial charge in [0.2, 0.25) is 11.8 Å². The number of nitrogens with zero attached hydrogens (tertiary/aromatic N) is 1. The SMILES string of the molecule is COCCNC(=O)C1(Nc2cccc(F)c2)CCN(C(=O)C2CC(F)C2)C1. The molecule has 0 bridgehead atoms. The molecular formula is C19H25F2N3O3. The molecule has 1 saturated carbocycles. The molecule has 8 heteroatoms. The van der Waals surface area contributed by atoms with Crippen LogP contribution in [-0.4, -0.2) is 61.8 Å². The average molecular weight is 381 g/mol. The Kier molecular flexibility index (Phi) is 5.94. The zero-order valence-corrected chi connectivity index (χ0v) is 15.3. The smallest absolute Gasteiger partial charge is 0.247 e. The lowest BCUT2D eigenvalue weighted by atomic mass is 9.82. The first-order valence-electron chi connectivity index (χ1n) is 9.17. The molecule has 0 spiro atoms. The van der Waals surface area contributed by atoms with Gasteiger partial charge in [-0.3, -0.25) is 9.59 Å². The Morgan fingerprint density at radius 1 is 1.37 bits per heavy atom. The van der Waals surface area contributed by atoms with Gasteiger partial charge in [0.05, 0.1) is 13.2 Å². The maximum atomic E-state index is 13.6. The van der Waals surface area contributed by atoms with Gasteiger partial charge in [-0.2, -0.15) is 0 Å². The van der Waals surface area contributed by atoms with E-state index in [9.17, 15) is 18.4 Å². The highest BCUT2D eigenvalue weighted by molar-refractivity contribution is 5.92. The van der Waals surface area contributed by atoms with E-state index in [0.29, 0.717) is 31.8 Å². The first kappa shape index (κ1) is 19.5. The molecule has 1 aliphatic carbocycles. The van der Waals surface area contributed by atoms with Crippen LogP contribution in [0, 0.1) is 11.7 Å². The van der Waals surface area contributed by atoms with Crippen molar-refractivity contribution in [1.82, 2.24) is 10.2 Å². The summed E-state index contributed by atoms with van der Waals surface area (Å²) in [6.45, 7) is 1.26. The second kappa shape index (κ2) is 8.21. The molecule has 2 fully saturated rings. The molecular weight excluding hydrogens is 356 g/mol. The molecule has 1 saturated heterocycles. The third kappa shape index (κ3) is 4.37. The van der Waals surface area contributed by atoms with Gasteiger partial charge in [-0.1, -0.05) is 6.07 Å². The fourth-order valence-electron chi connectivity index (χ4n) is 3.63. The van der Waals surface area contributed by atoms with Crippen LogP contribution in [-0.2, 0) is 14.3 Å². The highest BCUT2D eigenvalue weighted by Gasteiger charge is 2.48. The van der Waals surface area contributed by atoms with Gasteiger partial charge in [-0.05, 0) is 37.5 Å². The van der Waals surface area contributed by atoms with Gasteiger partial charge in [0.15, 0.2) is 0 Å². The maximum Gasteiger partial charge on any atom is 0.247 e. The summed E-state index contributed by atoms with van der Waals surface area (Å²) in [4.78, 5) is 27.1. The predicted molar refractivity (Wildman–Crippen MR) is 96.5 cm³/mol. The van der Waals surface area contributed by atoms with Gasteiger partial charge in [-0.25, -0.2) is 8.78 Å². The van der Waals surface area contributed by atoms with Crippen molar-refractivity contribution < 1.29 is 23.1 Å². The first-order valence-corrected chi connectivity index (χ1v) is 9.17. The number of ether oxygens (including phenoxy) is 1. The van der Waals surface area contributed by atoms with Crippen LogP contribution in [0.1, 0.15) is 19.3 Å². The standard InChI is InChI=1S/C19H25F2N3O3/c1-27-8-6-22-18(26)19(23-16-4-2-3-14(20)11-16)5-7-24(12-19)17(25)13-9-15(21)10-13/h2-4,11,13,15,23H,5-10,12H2,1H3,(H,22,26). The van der Waals surface area contributed by atoms with Gasteiger partial charge in [-0.15, -0.1) is 0 Å². The number of rotatable bonds is 7. The maximum absolute atomic E-state index is 13.6. The molecule has 148 valence electrons. The van der Waals surface area contributed by atoms with Gasteiger partial charge < -0.3 is 20.3 Å². The molecule has 1 aromatic carbocycles. The summed E-state index contributed by atoms with van der Waals surface area (Å²) in [5.41, 5.74) is -0.588. The molecule has 0 aromatic heterocycles. The van der Waals surface area contributed by atoms with E-state index in [2.05, 4.69) is 10.6 Å². The largest absolute Gasteiger partial charge is 0.383 e. The number of nitrogens with one attached hydrogen (secondary N) is 2. The molecule has 2 N–H and O–H groups in total. The van der Waals surface area contributed by atoms with Crippen molar-refractivity contribution in [2.75, 3.05) is 38.7 Å². The van der Waals surface area contributed by atoms with Crippen molar-refractivity contribution >= 4 is 17.5 Å². The van der Waals surface area contributed by atoms with Gasteiger partial charge in [0.25, 0.3) is 0 Å². The van der Waals surface area contributed by atoms with E-state index in [1.807, 2.05) is 0 Å². The second-order valence-electron chi connectivity index (χ2n) is 7.24. The van der Waals surface area contributed by atoms with E-state index in [-0.39, 0.29) is 37.1 Å². The molecule has 1 atom stereocenters. The third-order valence-electron chi connectivity index (χ3n) is 5.25. The minimum Gasteiger partial charge on any atom is -0.383 e. The number of hydrogen-bond donors (Lipinski definition) is 2. The van der Waals surface area contributed by atoms with Crippen molar-refractivity contribution in [3.05, 3.63) is 30.1 Å². The fourth-order valence-corrected chi connectivity index (χ4v) is 3.63. The van der Waals surface area contributed by atoms with Crippen molar-refractivity contribution in [2.45, 2.75) is 31.0 Å². The minimum absolute atomic E-state index is 0.114. The number of halogens is 2. The molecule has 3 rings (SSSR count). The number of carbonyl (C=O) groups excluding carboxylic acids is 2. The zero-order valence-electron chi connectivity index (χ0n) is 15.3. The van der Waals surface area contributed by atoms with Crippen LogP contribution in [0.15, 0.2) is 24.3 Å². The summed E-state index contributed by atoms with van der Waals surface area (Å²) in [6, 6.07) is 5.87. The summed E-state index contributed by atoms with van der Waals surface area (Å²) in [5, 5.41) is 5.94. The monoisotopic (exact) mass is 381 g/mol. The molecule has 0 radical (unpaired) electrons. The van der Waals surface area contributed by atoms with E-state index < -0.39 is 17.5 Å². The lowest BCUT2D eigenvalue weighted by Crippen LogP contribution is -2.55.